The molecule has 0 aromatic carbocycles. The zero-order valence-corrected chi connectivity index (χ0v) is 8.76. The van der Waals surface area contributed by atoms with Gasteiger partial charge in [-0.2, -0.15) is 0 Å². The first-order chi connectivity index (χ1) is 6.06. The number of halogens is 3. The lowest BCUT2D eigenvalue weighted by atomic mass is 10.2. The minimum atomic E-state index is -2.70. The monoisotopic (exact) mass is 301 g/mol. The van der Waals surface area contributed by atoms with Gasteiger partial charge in [-0.15, -0.1) is 0 Å². The fourth-order valence-electron chi connectivity index (χ4n) is 0.907. The van der Waals surface area contributed by atoms with E-state index in [4.69, 9.17) is 0 Å². The highest BCUT2D eigenvalue weighted by Crippen LogP contribution is 2.26. The average Bonchev–Trinajstić information content (AvgIpc) is 2.02. The molecule has 0 aliphatic rings. The fraction of sp³-hybridized carbons (Fsp3) is 0.286. The van der Waals surface area contributed by atoms with E-state index in [1.54, 1.807) is 22.6 Å². The van der Waals surface area contributed by atoms with Crippen molar-refractivity contribution in [3.63, 3.8) is 0 Å². The van der Waals surface area contributed by atoms with Gasteiger partial charge in [-0.25, -0.2) is 8.78 Å². The molecule has 1 aromatic heterocycles. The molecule has 0 saturated carbocycles. The summed E-state index contributed by atoms with van der Waals surface area (Å²) in [5.41, 5.74) is -1.01. The lowest BCUT2D eigenvalue weighted by Crippen LogP contribution is -2.13. The van der Waals surface area contributed by atoms with Crippen molar-refractivity contribution in [2.24, 2.45) is 0 Å². The van der Waals surface area contributed by atoms with Crippen molar-refractivity contribution in [1.29, 1.82) is 0 Å². The Bertz CT molecular complexity index is 364. The summed E-state index contributed by atoms with van der Waals surface area (Å²) < 4.78 is 29.6. The number of methoxy groups -OCH3 is 1. The van der Waals surface area contributed by atoms with Crippen LogP contribution in [0.3, 0.4) is 0 Å². The Hall–Kier alpha value is -0.660. The van der Waals surface area contributed by atoms with Crippen LogP contribution in [0, 0.1) is 3.70 Å². The van der Waals surface area contributed by atoms with Crippen molar-refractivity contribution < 1.29 is 13.5 Å². The van der Waals surface area contributed by atoms with Gasteiger partial charge in [0.2, 0.25) is 0 Å². The van der Waals surface area contributed by atoms with Crippen molar-refractivity contribution in [2.75, 3.05) is 7.11 Å². The van der Waals surface area contributed by atoms with Crippen molar-refractivity contribution in [2.45, 2.75) is 6.43 Å². The number of hydrogen-bond donors (Lipinski definition) is 1. The molecule has 0 bridgehead atoms. The molecule has 0 unspecified atom stereocenters. The Labute approximate surface area is 86.2 Å². The number of ether oxygens (including phenoxy) is 1. The third-order valence-electron chi connectivity index (χ3n) is 1.42. The van der Waals surface area contributed by atoms with E-state index in [0.29, 0.717) is 3.70 Å². The number of nitrogens with one attached hydrogen (secondary N) is 1. The zero-order valence-electron chi connectivity index (χ0n) is 6.61. The van der Waals surface area contributed by atoms with Crippen LogP contribution in [0.5, 0.6) is 5.75 Å². The van der Waals surface area contributed by atoms with Gasteiger partial charge in [0.25, 0.3) is 12.0 Å². The van der Waals surface area contributed by atoms with Gasteiger partial charge in [0.1, 0.15) is 0 Å². The van der Waals surface area contributed by atoms with E-state index < -0.39 is 12.0 Å². The third-order valence-corrected chi connectivity index (χ3v) is 2.00. The van der Waals surface area contributed by atoms with E-state index in [2.05, 4.69) is 9.72 Å². The minimum absolute atomic E-state index is 0.324. The highest BCUT2D eigenvalue weighted by atomic mass is 127. The molecule has 0 fully saturated rings. The molecule has 1 rings (SSSR count). The number of hydrogen-bond acceptors (Lipinski definition) is 2. The van der Waals surface area contributed by atoms with Crippen LogP contribution in [0.4, 0.5) is 8.78 Å². The molecular formula is C7H6F2INO2. The molecule has 0 saturated heterocycles. The molecule has 72 valence electrons. The topological polar surface area (TPSA) is 42.1 Å². The standard InChI is InChI=1S/C7H6F2INO2/c1-13-5-3(6(8)9)2-4(10)11-7(5)12/h2,6H,1H3,(H,11,12). The van der Waals surface area contributed by atoms with Gasteiger partial charge in [-0.05, 0) is 28.7 Å². The molecule has 6 heteroatoms. The number of rotatable bonds is 2. The van der Waals surface area contributed by atoms with Gasteiger partial charge in [0.05, 0.1) is 16.4 Å². The first-order valence-electron chi connectivity index (χ1n) is 3.31. The van der Waals surface area contributed by atoms with Crippen LogP contribution >= 0.6 is 22.6 Å². The lowest BCUT2D eigenvalue weighted by molar-refractivity contribution is 0.146. The Morgan fingerprint density at radius 2 is 2.23 bits per heavy atom. The molecule has 1 aromatic rings. The number of pyridine rings is 1. The van der Waals surface area contributed by atoms with E-state index in [0.717, 1.165) is 0 Å². The fourth-order valence-corrected chi connectivity index (χ4v) is 1.49. The van der Waals surface area contributed by atoms with Gasteiger partial charge < -0.3 is 9.72 Å². The van der Waals surface area contributed by atoms with Gasteiger partial charge in [0, 0.05) is 0 Å². The van der Waals surface area contributed by atoms with Gasteiger partial charge in [-0.3, -0.25) is 4.79 Å². The normalized spacial score (nSPS) is 10.5. The summed E-state index contributed by atoms with van der Waals surface area (Å²) in [5, 5.41) is 0. The molecule has 13 heavy (non-hydrogen) atoms. The molecule has 0 atom stereocenters. The SMILES string of the molecule is COc1c(C(F)F)cc(I)[nH]c1=O. The number of aromatic nitrogens is 1. The average molecular weight is 301 g/mol. The molecule has 0 spiro atoms. The van der Waals surface area contributed by atoms with Crippen molar-refractivity contribution in [1.82, 2.24) is 4.98 Å². The molecule has 0 aliphatic carbocycles. The quantitative estimate of drug-likeness (QED) is 0.670. The summed E-state index contributed by atoms with van der Waals surface area (Å²) in [6.07, 6.45) is -2.70. The number of aromatic amines is 1. The van der Waals surface area contributed by atoms with E-state index in [-0.39, 0.29) is 11.3 Å². The zero-order chi connectivity index (χ0) is 10.0. The van der Waals surface area contributed by atoms with Crippen LogP contribution in [0.15, 0.2) is 10.9 Å². The summed E-state index contributed by atoms with van der Waals surface area (Å²) in [5.74, 6) is -0.324. The van der Waals surface area contributed by atoms with E-state index in [1.807, 2.05) is 0 Å². The Balaban J connectivity index is 3.38. The van der Waals surface area contributed by atoms with Crippen LogP contribution < -0.4 is 10.3 Å². The van der Waals surface area contributed by atoms with Gasteiger partial charge >= 0.3 is 0 Å². The number of H-pyrrole nitrogens is 1. The Kier molecular flexibility index (Phi) is 3.23. The minimum Gasteiger partial charge on any atom is -0.491 e. The summed E-state index contributed by atoms with van der Waals surface area (Å²) in [7, 11) is 1.18. The van der Waals surface area contributed by atoms with E-state index in [9.17, 15) is 13.6 Å². The molecular weight excluding hydrogens is 295 g/mol. The largest absolute Gasteiger partial charge is 0.491 e. The highest BCUT2D eigenvalue weighted by molar-refractivity contribution is 14.1. The van der Waals surface area contributed by atoms with Crippen molar-refractivity contribution >= 4 is 22.6 Å². The van der Waals surface area contributed by atoms with Crippen LogP contribution in [-0.4, -0.2) is 12.1 Å². The maximum Gasteiger partial charge on any atom is 0.291 e. The molecule has 3 nitrogen and oxygen atoms in total. The summed E-state index contributed by atoms with van der Waals surface area (Å²) in [6, 6.07) is 1.19. The Morgan fingerprint density at radius 1 is 1.62 bits per heavy atom. The predicted molar refractivity (Wildman–Crippen MR) is 51.3 cm³/mol. The maximum atomic E-state index is 12.3. The second-order valence-electron chi connectivity index (χ2n) is 2.24. The lowest BCUT2D eigenvalue weighted by Gasteiger charge is -2.06. The molecule has 1 N–H and O–H groups in total. The molecule has 0 radical (unpaired) electrons. The molecule has 0 aliphatic heterocycles. The predicted octanol–water partition coefficient (Wildman–Crippen LogP) is 1.93. The second kappa shape index (κ2) is 4.03. The smallest absolute Gasteiger partial charge is 0.291 e. The van der Waals surface area contributed by atoms with Crippen molar-refractivity contribution in [3.8, 4) is 5.75 Å². The first-order valence-corrected chi connectivity index (χ1v) is 4.39. The van der Waals surface area contributed by atoms with E-state index >= 15 is 0 Å². The summed E-state index contributed by atoms with van der Waals surface area (Å²) in [4.78, 5) is 13.4. The number of alkyl halides is 2. The molecule has 0 amide bonds. The van der Waals surface area contributed by atoms with E-state index in [1.165, 1.54) is 13.2 Å². The van der Waals surface area contributed by atoms with Gasteiger partial charge in [-0.1, -0.05) is 0 Å². The highest BCUT2D eigenvalue weighted by Gasteiger charge is 2.17. The molecule has 1 heterocycles. The summed E-state index contributed by atoms with van der Waals surface area (Å²) >= 11 is 1.75. The van der Waals surface area contributed by atoms with Crippen LogP contribution in [0.1, 0.15) is 12.0 Å². The Morgan fingerprint density at radius 3 is 2.69 bits per heavy atom. The van der Waals surface area contributed by atoms with Crippen LogP contribution in [0.25, 0.3) is 0 Å². The third kappa shape index (κ3) is 2.17. The first kappa shape index (κ1) is 10.4. The second-order valence-corrected chi connectivity index (χ2v) is 3.40. The van der Waals surface area contributed by atoms with Gasteiger partial charge in [0.15, 0.2) is 5.75 Å². The van der Waals surface area contributed by atoms with Crippen LogP contribution in [0.2, 0.25) is 0 Å². The van der Waals surface area contributed by atoms with Crippen molar-refractivity contribution in [3.05, 3.63) is 25.7 Å². The maximum absolute atomic E-state index is 12.3. The summed E-state index contributed by atoms with van der Waals surface area (Å²) in [6.45, 7) is 0. The van der Waals surface area contributed by atoms with Crippen LogP contribution in [-0.2, 0) is 0 Å².